The molecule has 4 rings (SSSR count). The van der Waals surface area contributed by atoms with Gasteiger partial charge in [0.2, 0.25) is 11.8 Å². The minimum atomic E-state index is -0.289. The summed E-state index contributed by atoms with van der Waals surface area (Å²) in [4.78, 5) is 31.2. The van der Waals surface area contributed by atoms with E-state index in [1.54, 1.807) is 18.9 Å². The summed E-state index contributed by atoms with van der Waals surface area (Å²) in [5, 5.41) is 0. The van der Waals surface area contributed by atoms with Crippen molar-refractivity contribution in [3.63, 3.8) is 0 Å². The Labute approximate surface area is 158 Å². The number of methoxy groups -OCH3 is 1. The third kappa shape index (κ3) is 2.92. The molecule has 0 aromatic heterocycles. The van der Waals surface area contributed by atoms with Gasteiger partial charge in [-0.1, -0.05) is 6.07 Å². The Morgan fingerprint density at radius 1 is 1.27 bits per heavy atom. The van der Waals surface area contributed by atoms with Gasteiger partial charge in [0.15, 0.2) is 0 Å². The lowest BCUT2D eigenvalue weighted by Gasteiger charge is -2.39. The van der Waals surface area contributed by atoms with Gasteiger partial charge in [-0.25, -0.2) is 0 Å². The number of benzene rings is 1. The van der Waals surface area contributed by atoms with Crippen molar-refractivity contribution in [1.29, 1.82) is 0 Å². The highest BCUT2D eigenvalue weighted by Crippen LogP contribution is 2.47. The molecule has 2 atom stereocenters. The fourth-order valence-electron chi connectivity index (χ4n) is 4.21. The van der Waals surface area contributed by atoms with Crippen LogP contribution < -0.4 is 9.64 Å². The first kappa shape index (κ1) is 17.5. The molecule has 3 saturated heterocycles. The normalized spacial score (nSPS) is 28.5. The molecule has 140 valence electrons. The first-order valence-electron chi connectivity index (χ1n) is 9.16. The second-order valence-corrected chi connectivity index (χ2v) is 8.78. The Bertz CT molecular complexity index is 720. The highest BCUT2D eigenvalue weighted by molar-refractivity contribution is 8.01. The SMILES string of the molecule is COc1cccc(N2CCN(C(=O)C3CSC4(C)CCC(=O)N34)CC2)c1. The van der Waals surface area contributed by atoms with Crippen molar-refractivity contribution in [2.75, 3.05) is 43.9 Å². The zero-order valence-corrected chi connectivity index (χ0v) is 16.1. The largest absolute Gasteiger partial charge is 0.497 e. The molecule has 0 bridgehead atoms. The highest BCUT2D eigenvalue weighted by atomic mass is 32.2. The van der Waals surface area contributed by atoms with E-state index >= 15 is 0 Å². The average molecular weight is 375 g/mol. The summed E-state index contributed by atoms with van der Waals surface area (Å²) in [6.07, 6.45) is 1.42. The number of thioether (sulfide) groups is 1. The minimum absolute atomic E-state index is 0.113. The molecule has 0 N–H and O–H groups in total. The van der Waals surface area contributed by atoms with Crippen molar-refractivity contribution in [3.05, 3.63) is 24.3 Å². The third-order valence-corrected chi connectivity index (χ3v) is 7.24. The fraction of sp³-hybridized carbons (Fsp3) is 0.579. The second-order valence-electron chi connectivity index (χ2n) is 7.28. The van der Waals surface area contributed by atoms with E-state index in [2.05, 4.69) is 17.9 Å². The number of ether oxygens (including phenoxy) is 1. The van der Waals surface area contributed by atoms with E-state index in [9.17, 15) is 9.59 Å². The van der Waals surface area contributed by atoms with Crippen LogP contribution in [0.1, 0.15) is 19.8 Å². The molecule has 0 spiro atoms. The van der Waals surface area contributed by atoms with Gasteiger partial charge in [0.1, 0.15) is 11.8 Å². The predicted molar refractivity (Wildman–Crippen MR) is 103 cm³/mol. The van der Waals surface area contributed by atoms with E-state index in [-0.39, 0.29) is 22.7 Å². The van der Waals surface area contributed by atoms with E-state index in [4.69, 9.17) is 4.74 Å². The maximum Gasteiger partial charge on any atom is 0.246 e. The summed E-state index contributed by atoms with van der Waals surface area (Å²) in [6, 6.07) is 7.73. The van der Waals surface area contributed by atoms with Crippen LogP contribution in [0.25, 0.3) is 0 Å². The third-order valence-electron chi connectivity index (χ3n) is 5.74. The predicted octanol–water partition coefficient (Wildman–Crippen LogP) is 1.80. The molecular weight excluding hydrogens is 350 g/mol. The topological polar surface area (TPSA) is 53.1 Å². The number of nitrogens with zero attached hydrogens (tertiary/aromatic N) is 3. The molecule has 2 unspecified atom stereocenters. The van der Waals surface area contributed by atoms with Gasteiger partial charge in [0.25, 0.3) is 0 Å². The Kier molecular flexibility index (Phi) is 4.50. The number of piperazine rings is 1. The van der Waals surface area contributed by atoms with Gasteiger partial charge in [-0.15, -0.1) is 11.8 Å². The Hall–Kier alpha value is -1.89. The van der Waals surface area contributed by atoms with E-state index in [0.29, 0.717) is 19.5 Å². The van der Waals surface area contributed by atoms with Crippen LogP contribution in [-0.2, 0) is 9.59 Å². The van der Waals surface area contributed by atoms with Gasteiger partial charge in [0, 0.05) is 50.1 Å². The van der Waals surface area contributed by atoms with Crippen molar-refractivity contribution >= 4 is 29.3 Å². The molecule has 3 fully saturated rings. The van der Waals surface area contributed by atoms with Crippen LogP contribution in [0.3, 0.4) is 0 Å². The van der Waals surface area contributed by atoms with Crippen LogP contribution >= 0.6 is 11.8 Å². The highest BCUT2D eigenvalue weighted by Gasteiger charge is 2.53. The fourth-order valence-corrected chi connectivity index (χ4v) is 5.63. The van der Waals surface area contributed by atoms with Gasteiger partial charge < -0.3 is 19.4 Å². The Morgan fingerprint density at radius 2 is 2.04 bits per heavy atom. The summed E-state index contributed by atoms with van der Waals surface area (Å²) in [6.45, 7) is 5.07. The van der Waals surface area contributed by atoms with Gasteiger partial charge >= 0.3 is 0 Å². The summed E-state index contributed by atoms with van der Waals surface area (Å²) in [7, 11) is 1.67. The van der Waals surface area contributed by atoms with Gasteiger partial charge in [-0.05, 0) is 25.5 Å². The molecule has 0 radical (unpaired) electrons. The summed E-state index contributed by atoms with van der Waals surface area (Å²) < 4.78 is 5.30. The standard InChI is InChI=1S/C19H25N3O3S/c1-19-7-6-17(23)22(19)16(13-26-19)18(24)21-10-8-20(9-11-21)14-4-3-5-15(12-14)25-2/h3-5,12,16H,6-11,13H2,1-2H3. The molecular formula is C19H25N3O3S. The van der Waals surface area contributed by atoms with Crippen LogP contribution in [0.2, 0.25) is 0 Å². The number of carbonyl (C=O) groups excluding carboxylic acids is 2. The van der Waals surface area contributed by atoms with Crippen molar-refractivity contribution in [1.82, 2.24) is 9.80 Å². The number of hydrogen-bond acceptors (Lipinski definition) is 5. The number of rotatable bonds is 3. The summed E-state index contributed by atoms with van der Waals surface area (Å²) in [5.74, 6) is 1.81. The molecule has 0 saturated carbocycles. The first-order chi connectivity index (χ1) is 12.5. The van der Waals surface area contributed by atoms with Crippen LogP contribution in [0.4, 0.5) is 5.69 Å². The average Bonchev–Trinajstić information content (AvgIpc) is 3.17. The van der Waals surface area contributed by atoms with Crippen LogP contribution in [-0.4, -0.2) is 71.6 Å². The number of anilines is 1. The van der Waals surface area contributed by atoms with Crippen LogP contribution in [0.5, 0.6) is 5.75 Å². The molecule has 3 heterocycles. The lowest BCUT2D eigenvalue weighted by molar-refractivity contribution is -0.143. The Balaban J connectivity index is 1.40. The Morgan fingerprint density at radius 3 is 2.77 bits per heavy atom. The minimum Gasteiger partial charge on any atom is -0.497 e. The summed E-state index contributed by atoms with van der Waals surface area (Å²) >= 11 is 1.75. The van der Waals surface area contributed by atoms with Gasteiger partial charge in [-0.2, -0.15) is 0 Å². The van der Waals surface area contributed by atoms with Crippen molar-refractivity contribution in [2.45, 2.75) is 30.7 Å². The zero-order chi connectivity index (χ0) is 18.3. The first-order valence-corrected chi connectivity index (χ1v) is 10.1. The van der Waals surface area contributed by atoms with Crippen molar-refractivity contribution < 1.29 is 14.3 Å². The van der Waals surface area contributed by atoms with E-state index in [1.165, 1.54) is 0 Å². The van der Waals surface area contributed by atoms with Crippen LogP contribution in [0, 0.1) is 0 Å². The molecule has 1 aromatic rings. The molecule has 3 aliphatic rings. The number of fused-ring (bicyclic) bond motifs is 1. The molecule has 26 heavy (non-hydrogen) atoms. The number of hydrogen-bond donors (Lipinski definition) is 0. The lowest BCUT2D eigenvalue weighted by Crippen LogP contribution is -2.56. The number of carbonyl (C=O) groups is 2. The molecule has 0 aliphatic carbocycles. The molecule has 3 aliphatic heterocycles. The van der Waals surface area contributed by atoms with Crippen molar-refractivity contribution in [3.8, 4) is 5.75 Å². The maximum absolute atomic E-state index is 13.1. The van der Waals surface area contributed by atoms with Crippen molar-refractivity contribution in [2.24, 2.45) is 0 Å². The molecule has 2 amide bonds. The quantitative estimate of drug-likeness (QED) is 0.806. The van der Waals surface area contributed by atoms with E-state index < -0.39 is 0 Å². The smallest absolute Gasteiger partial charge is 0.246 e. The lowest BCUT2D eigenvalue weighted by atomic mass is 10.1. The summed E-state index contributed by atoms with van der Waals surface area (Å²) in [5.41, 5.74) is 1.12. The molecule has 7 heteroatoms. The molecule has 1 aromatic carbocycles. The zero-order valence-electron chi connectivity index (χ0n) is 15.3. The second kappa shape index (κ2) is 6.68. The van der Waals surface area contributed by atoms with Gasteiger partial charge in [-0.3, -0.25) is 9.59 Å². The van der Waals surface area contributed by atoms with E-state index in [1.807, 2.05) is 28.0 Å². The monoisotopic (exact) mass is 375 g/mol. The van der Waals surface area contributed by atoms with Gasteiger partial charge in [0.05, 0.1) is 12.0 Å². The molecule has 6 nitrogen and oxygen atoms in total. The maximum atomic E-state index is 13.1. The number of amides is 2. The van der Waals surface area contributed by atoms with E-state index in [0.717, 1.165) is 36.7 Å². The van der Waals surface area contributed by atoms with Crippen LogP contribution in [0.15, 0.2) is 24.3 Å².